The van der Waals surface area contributed by atoms with E-state index < -0.39 is 0 Å². The van der Waals surface area contributed by atoms with Crippen LogP contribution in [-0.2, 0) is 7.05 Å². The van der Waals surface area contributed by atoms with Gasteiger partial charge in [-0.25, -0.2) is 14.5 Å². The molecule has 0 aliphatic heterocycles. The summed E-state index contributed by atoms with van der Waals surface area (Å²) >= 11 is 5.96. The lowest BCUT2D eigenvalue weighted by Crippen LogP contribution is -2.12. The maximum atomic E-state index is 5.96. The van der Waals surface area contributed by atoms with Gasteiger partial charge in [-0.05, 0) is 6.42 Å². The molecule has 0 aliphatic rings. The Morgan fingerprint density at radius 3 is 2.82 bits per heavy atom. The Morgan fingerprint density at radius 2 is 2.09 bits per heavy atom. The molecule has 112 valence electrons. The summed E-state index contributed by atoms with van der Waals surface area (Å²) in [5, 5.41) is 14.5. The van der Waals surface area contributed by atoms with E-state index in [4.69, 9.17) is 11.6 Å². The average molecular weight is 317 g/mol. The number of rotatable bonds is 3. The number of aromatic nitrogens is 8. The van der Waals surface area contributed by atoms with Crippen molar-refractivity contribution in [3.63, 3.8) is 0 Å². The molecule has 0 aliphatic carbocycles. The van der Waals surface area contributed by atoms with Crippen molar-refractivity contribution >= 4 is 28.3 Å². The fourth-order valence-corrected chi connectivity index (χ4v) is 2.71. The second-order valence-corrected chi connectivity index (χ2v) is 5.49. The summed E-state index contributed by atoms with van der Waals surface area (Å²) in [5.41, 5.74) is 1.52. The van der Waals surface area contributed by atoms with Gasteiger partial charge in [0.1, 0.15) is 12.4 Å². The Balaban J connectivity index is 1.89. The van der Waals surface area contributed by atoms with Crippen molar-refractivity contribution in [3.8, 4) is 0 Å². The van der Waals surface area contributed by atoms with E-state index in [0.29, 0.717) is 10.8 Å². The van der Waals surface area contributed by atoms with Gasteiger partial charge in [-0.15, -0.1) is 5.10 Å². The molecule has 9 heteroatoms. The number of nitrogens with zero attached hydrogens (tertiary/aromatic N) is 8. The molecule has 0 radical (unpaired) electrons. The Morgan fingerprint density at radius 1 is 1.23 bits per heavy atom. The Bertz CT molecular complexity index is 965. The standard InChI is InChI=1S/C13H13ClN8/c1-3-10(21-6-8(14)4-17-21)11-18-13-9-5-16-20(2)12(9)15-7-22(13)19-11/h4-7,10H,3H2,1-2H3/t10-/m0/s1. The van der Waals surface area contributed by atoms with Gasteiger partial charge >= 0.3 is 0 Å². The zero-order chi connectivity index (χ0) is 15.3. The first-order chi connectivity index (χ1) is 10.7. The van der Waals surface area contributed by atoms with Crippen LogP contribution in [0.5, 0.6) is 0 Å². The van der Waals surface area contributed by atoms with Crippen molar-refractivity contribution in [1.82, 2.24) is 39.1 Å². The normalized spacial score (nSPS) is 13.2. The topological polar surface area (TPSA) is 78.7 Å². The van der Waals surface area contributed by atoms with Gasteiger partial charge in [0.15, 0.2) is 17.1 Å². The molecule has 4 aromatic rings. The third-order valence-electron chi connectivity index (χ3n) is 3.66. The van der Waals surface area contributed by atoms with Crippen LogP contribution in [0.25, 0.3) is 16.7 Å². The van der Waals surface area contributed by atoms with Crippen molar-refractivity contribution < 1.29 is 0 Å². The van der Waals surface area contributed by atoms with Crippen LogP contribution in [0.1, 0.15) is 25.2 Å². The van der Waals surface area contributed by atoms with Gasteiger partial charge in [0.05, 0.1) is 22.8 Å². The third-order valence-corrected chi connectivity index (χ3v) is 3.85. The Kier molecular flexibility index (Phi) is 2.86. The summed E-state index contributed by atoms with van der Waals surface area (Å²) in [4.78, 5) is 9.03. The van der Waals surface area contributed by atoms with E-state index in [-0.39, 0.29) is 6.04 Å². The molecule has 0 amide bonds. The van der Waals surface area contributed by atoms with Crippen molar-refractivity contribution in [1.29, 1.82) is 0 Å². The second kappa shape index (κ2) is 4.77. The van der Waals surface area contributed by atoms with Crippen molar-refractivity contribution in [2.75, 3.05) is 0 Å². The van der Waals surface area contributed by atoms with Crippen LogP contribution < -0.4 is 0 Å². The Hall–Kier alpha value is -2.48. The summed E-state index contributed by atoms with van der Waals surface area (Å²) in [6.45, 7) is 2.06. The van der Waals surface area contributed by atoms with E-state index in [1.54, 1.807) is 38.8 Å². The second-order valence-electron chi connectivity index (χ2n) is 5.05. The largest absolute Gasteiger partial charge is 0.260 e. The number of hydrogen-bond acceptors (Lipinski definition) is 5. The van der Waals surface area contributed by atoms with E-state index in [0.717, 1.165) is 23.1 Å². The number of aryl methyl sites for hydroxylation is 1. The highest BCUT2D eigenvalue weighted by Gasteiger charge is 2.20. The molecule has 0 fully saturated rings. The molecule has 0 bridgehead atoms. The van der Waals surface area contributed by atoms with Crippen LogP contribution in [0.3, 0.4) is 0 Å². The smallest absolute Gasteiger partial charge is 0.176 e. The first-order valence-electron chi connectivity index (χ1n) is 6.90. The van der Waals surface area contributed by atoms with Crippen molar-refractivity contribution in [3.05, 3.63) is 35.8 Å². The lowest BCUT2D eigenvalue weighted by Gasteiger charge is -2.10. The molecular formula is C13H13ClN8. The molecule has 4 aromatic heterocycles. The quantitative estimate of drug-likeness (QED) is 0.576. The van der Waals surface area contributed by atoms with Crippen LogP contribution >= 0.6 is 11.6 Å². The highest BCUT2D eigenvalue weighted by Crippen LogP contribution is 2.22. The van der Waals surface area contributed by atoms with E-state index >= 15 is 0 Å². The Labute approximate surface area is 130 Å². The first kappa shape index (κ1) is 13.2. The highest BCUT2D eigenvalue weighted by atomic mass is 35.5. The van der Waals surface area contributed by atoms with E-state index in [9.17, 15) is 0 Å². The first-order valence-corrected chi connectivity index (χ1v) is 7.28. The molecule has 8 nitrogen and oxygen atoms in total. The number of hydrogen-bond donors (Lipinski definition) is 0. The van der Waals surface area contributed by atoms with Gasteiger partial charge in [0.25, 0.3) is 0 Å². The molecule has 0 saturated heterocycles. The SMILES string of the molecule is CC[C@@H](c1nc2c3cnn(C)c3ncn2n1)n1cc(Cl)cn1. The molecule has 0 spiro atoms. The minimum atomic E-state index is -0.0703. The number of halogens is 1. The van der Waals surface area contributed by atoms with E-state index in [1.807, 2.05) is 7.05 Å². The highest BCUT2D eigenvalue weighted by molar-refractivity contribution is 6.30. The molecule has 4 rings (SSSR count). The minimum Gasteiger partial charge on any atom is -0.260 e. The van der Waals surface area contributed by atoms with Gasteiger partial charge < -0.3 is 0 Å². The van der Waals surface area contributed by atoms with E-state index in [1.165, 1.54) is 0 Å². The van der Waals surface area contributed by atoms with Crippen molar-refractivity contribution in [2.24, 2.45) is 7.05 Å². The third kappa shape index (κ3) is 1.87. The molecular weight excluding hydrogens is 304 g/mol. The maximum absolute atomic E-state index is 5.96. The summed E-state index contributed by atoms with van der Waals surface area (Å²) in [6, 6.07) is -0.0703. The summed E-state index contributed by atoms with van der Waals surface area (Å²) in [6.07, 6.45) is 7.60. The zero-order valence-corrected chi connectivity index (χ0v) is 12.8. The summed E-state index contributed by atoms with van der Waals surface area (Å²) in [7, 11) is 1.85. The van der Waals surface area contributed by atoms with E-state index in [2.05, 4.69) is 32.2 Å². The molecule has 0 N–H and O–H groups in total. The lowest BCUT2D eigenvalue weighted by atomic mass is 10.2. The lowest BCUT2D eigenvalue weighted by molar-refractivity contribution is 0.484. The molecule has 0 aromatic carbocycles. The predicted molar refractivity (Wildman–Crippen MR) is 80.7 cm³/mol. The molecule has 1 atom stereocenters. The summed E-state index contributed by atoms with van der Waals surface area (Å²) in [5.74, 6) is 0.681. The molecule has 22 heavy (non-hydrogen) atoms. The average Bonchev–Trinajstić information content (AvgIpc) is 3.19. The molecule has 0 unspecified atom stereocenters. The maximum Gasteiger partial charge on any atom is 0.176 e. The van der Waals surface area contributed by atoms with Crippen LogP contribution in [-0.4, -0.2) is 39.1 Å². The number of fused-ring (bicyclic) bond motifs is 3. The molecule has 4 heterocycles. The zero-order valence-electron chi connectivity index (χ0n) is 12.0. The fourth-order valence-electron chi connectivity index (χ4n) is 2.57. The summed E-state index contributed by atoms with van der Waals surface area (Å²) < 4.78 is 5.17. The van der Waals surface area contributed by atoms with Gasteiger partial charge in [0.2, 0.25) is 0 Å². The predicted octanol–water partition coefficient (Wildman–Crippen LogP) is 1.86. The fraction of sp³-hybridized carbons (Fsp3) is 0.308. The van der Waals surface area contributed by atoms with Crippen LogP contribution in [0.4, 0.5) is 0 Å². The van der Waals surface area contributed by atoms with Crippen molar-refractivity contribution in [2.45, 2.75) is 19.4 Å². The van der Waals surface area contributed by atoms with Crippen LogP contribution in [0.2, 0.25) is 5.02 Å². The van der Waals surface area contributed by atoms with Crippen LogP contribution in [0, 0.1) is 0 Å². The monoisotopic (exact) mass is 316 g/mol. The minimum absolute atomic E-state index is 0.0703. The van der Waals surface area contributed by atoms with Gasteiger partial charge in [-0.1, -0.05) is 18.5 Å². The van der Waals surface area contributed by atoms with Crippen LogP contribution in [0.15, 0.2) is 24.9 Å². The van der Waals surface area contributed by atoms with Gasteiger partial charge in [-0.3, -0.25) is 9.36 Å². The van der Waals surface area contributed by atoms with Gasteiger partial charge in [0, 0.05) is 13.2 Å². The molecule has 0 saturated carbocycles. The van der Waals surface area contributed by atoms with Gasteiger partial charge in [-0.2, -0.15) is 10.2 Å².